The van der Waals surface area contributed by atoms with Gasteiger partial charge in [-0.25, -0.2) is 9.37 Å². The van der Waals surface area contributed by atoms with Gasteiger partial charge in [-0.15, -0.1) is 10.2 Å². The van der Waals surface area contributed by atoms with Crippen LogP contribution >= 0.6 is 23.1 Å². The summed E-state index contributed by atoms with van der Waals surface area (Å²) in [5, 5.41) is 9.86. The first-order chi connectivity index (χ1) is 14.1. The topological polar surface area (TPSA) is 86.0 Å². The number of rotatable bonds is 6. The molecule has 3 aromatic rings. The highest BCUT2D eigenvalue weighted by Gasteiger charge is 2.35. The fourth-order valence-electron chi connectivity index (χ4n) is 3.37. The van der Waals surface area contributed by atoms with Gasteiger partial charge in [0.05, 0.1) is 12.6 Å². The minimum absolute atomic E-state index is 0.144. The molecule has 0 spiro atoms. The maximum absolute atomic E-state index is 13.1. The van der Waals surface area contributed by atoms with E-state index >= 15 is 0 Å². The van der Waals surface area contributed by atoms with Gasteiger partial charge in [-0.05, 0) is 49.1 Å². The molecular weight excluding hydrogens is 419 g/mol. The number of aromatic nitrogens is 5. The van der Waals surface area contributed by atoms with Gasteiger partial charge in [-0.3, -0.25) is 4.79 Å². The molecule has 4 rings (SSSR count). The number of alkyl halides is 1. The molecule has 8 nitrogen and oxygen atoms in total. The number of aryl methyl sites for hydroxylation is 1. The number of amides is 1. The molecule has 3 heterocycles. The third-order valence-electron chi connectivity index (χ3n) is 4.70. The minimum Gasteiger partial charge on any atom is -0.350 e. The number of hydrogen-bond acceptors (Lipinski definition) is 7. The van der Waals surface area contributed by atoms with Crippen molar-refractivity contribution in [2.75, 3.05) is 20.0 Å². The molecule has 1 atom stereocenters. The van der Waals surface area contributed by atoms with Crippen LogP contribution in [-0.4, -0.2) is 54.9 Å². The summed E-state index contributed by atoms with van der Waals surface area (Å²) in [7, 11) is 0. The smallest absolute Gasteiger partial charge is 0.254 e. The third-order valence-corrected chi connectivity index (χ3v) is 5.76. The molecule has 1 aliphatic heterocycles. The number of hydrogen-bond donors (Lipinski definition) is 0. The van der Waals surface area contributed by atoms with Crippen molar-refractivity contribution >= 4 is 29.0 Å². The van der Waals surface area contributed by atoms with Crippen LogP contribution < -0.4 is 0 Å². The maximum atomic E-state index is 13.1. The third kappa shape index (κ3) is 4.00. The van der Waals surface area contributed by atoms with E-state index in [4.69, 9.17) is 16.3 Å². The highest BCUT2D eigenvalue weighted by atomic mass is 35.5. The molecule has 0 N–H and O–H groups in total. The van der Waals surface area contributed by atoms with E-state index in [0.717, 1.165) is 0 Å². The maximum Gasteiger partial charge on any atom is 0.254 e. The van der Waals surface area contributed by atoms with E-state index in [9.17, 15) is 9.18 Å². The van der Waals surface area contributed by atoms with Crippen molar-refractivity contribution in [1.82, 2.24) is 29.0 Å². The lowest BCUT2D eigenvalue weighted by Crippen LogP contribution is -2.43. The molecule has 1 amide bonds. The van der Waals surface area contributed by atoms with E-state index in [1.165, 1.54) is 11.5 Å². The number of benzene rings is 1. The van der Waals surface area contributed by atoms with Gasteiger partial charge >= 0.3 is 0 Å². The molecule has 0 aliphatic carbocycles. The molecule has 0 bridgehead atoms. The number of fused-ring (bicyclic) bond motifs is 1. The van der Waals surface area contributed by atoms with Crippen molar-refractivity contribution in [3.8, 4) is 10.8 Å². The molecule has 152 valence electrons. The van der Waals surface area contributed by atoms with Crippen molar-refractivity contribution < 1.29 is 13.9 Å². The largest absolute Gasteiger partial charge is 0.350 e. The van der Waals surface area contributed by atoms with Crippen LogP contribution in [0.15, 0.2) is 24.3 Å². The summed E-state index contributed by atoms with van der Waals surface area (Å²) in [6, 6.07) is 6.34. The first kappa shape index (κ1) is 19.9. The van der Waals surface area contributed by atoms with Crippen molar-refractivity contribution in [2.24, 2.45) is 0 Å². The quantitative estimate of drug-likeness (QED) is 0.551. The Hall–Kier alpha value is -2.43. The molecule has 0 radical (unpaired) electrons. The van der Waals surface area contributed by atoms with Crippen molar-refractivity contribution in [3.63, 3.8) is 0 Å². The summed E-state index contributed by atoms with van der Waals surface area (Å²) in [6.07, 6.45) is 0.399. The fourth-order valence-corrected chi connectivity index (χ4v) is 4.16. The molecule has 1 unspecified atom stereocenters. The van der Waals surface area contributed by atoms with Gasteiger partial charge in [0.2, 0.25) is 0 Å². The Balaban J connectivity index is 1.66. The molecule has 1 aromatic carbocycles. The van der Waals surface area contributed by atoms with Gasteiger partial charge < -0.3 is 14.2 Å². The van der Waals surface area contributed by atoms with Gasteiger partial charge in [0.1, 0.15) is 5.82 Å². The monoisotopic (exact) mass is 436 g/mol. The van der Waals surface area contributed by atoms with Crippen LogP contribution in [0.5, 0.6) is 0 Å². The van der Waals surface area contributed by atoms with E-state index in [1.54, 1.807) is 29.2 Å². The van der Waals surface area contributed by atoms with Crippen LogP contribution in [0.25, 0.3) is 10.8 Å². The number of nitrogens with zero attached hydrogens (tertiary/aromatic N) is 6. The molecule has 29 heavy (non-hydrogen) atoms. The Labute approximate surface area is 175 Å². The highest BCUT2D eigenvalue weighted by molar-refractivity contribution is 7.09. The average molecular weight is 437 g/mol. The van der Waals surface area contributed by atoms with Gasteiger partial charge in [0.15, 0.2) is 23.5 Å². The van der Waals surface area contributed by atoms with Crippen molar-refractivity contribution in [1.29, 1.82) is 0 Å². The van der Waals surface area contributed by atoms with Crippen LogP contribution in [0.4, 0.5) is 4.39 Å². The Morgan fingerprint density at radius 1 is 1.31 bits per heavy atom. The van der Waals surface area contributed by atoms with Crippen LogP contribution in [-0.2, 0) is 11.3 Å². The van der Waals surface area contributed by atoms with E-state index in [2.05, 4.69) is 19.6 Å². The summed E-state index contributed by atoms with van der Waals surface area (Å²) in [4.78, 5) is 19.2. The van der Waals surface area contributed by atoms with E-state index in [0.29, 0.717) is 52.6 Å². The standard InChI is InChI=1S/C18H18ClFN6O2S/c1-11-21-17(29-24-11)16-23-22-15-14(6-9-28-10-20)25(7-8-26(15)16)18(27)12-2-4-13(19)5-3-12/h2-5,14H,6-10H2,1H3. The molecular formula is C18H18ClFN6O2S. The van der Waals surface area contributed by atoms with Crippen LogP contribution in [0.1, 0.15) is 34.5 Å². The summed E-state index contributed by atoms with van der Waals surface area (Å²) in [5.41, 5.74) is 0.527. The van der Waals surface area contributed by atoms with Crippen LogP contribution in [0, 0.1) is 6.92 Å². The number of carbonyl (C=O) groups excluding carboxylic acids is 1. The SMILES string of the molecule is Cc1nsc(-c2nnc3n2CCN(C(=O)c2ccc(Cl)cc2)C3CCOCF)n1. The number of carbonyl (C=O) groups is 1. The second-order valence-electron chi connectivity index (χ2n) is 6.51. The van der Waals surface area contributed by atoms with Crippen molar-refractivity contribution in [2.45, 2.75) is 25.9 Å². The highest BCUT2D eigenvalue weighted by Crippen LogP contribution is 2.32. The zero-order valence-corrected chi connectivity index (χ0v) is 17.2. The first-order valence-electron chi connectivity index (χ1n) is 9.02. The van der Waals surface area contributed by atoms with Gasteiger partial charge in [0, 0.05) is 23.7 Å². The second-order valence-corrected chi connectivity index (χ2v) is 7.70. The lowest BCUT2D eigenvalue weighted by Gasteiger charge is -2.35. The van der Waals surface area contributed by atoms with Crippen LogP contribution in [0.2, 0.25) is 5.02 Å². The van der Waals surface area contributed by atoms with Gasteiger partial charge in [-0.2, -0.15) is 4.37 Å². The normalized spacial score (nSPS) is 16.1. The number of halogens is 2. The van der Waals surface area contributed by atoms with E-state index in [-0.39, 0.29) is 12.5 Å². The molecule has 0 saturated heterocycles. The Morgan fingerprint density at radius 2 is 2.10 bits per heavy atom. The average Bonchev–Trinajstić information content (AvgIpc) is 3.34. The Morgan fingerprint density at radius 3 is 2.79 bits per heavy atom. The van der Waals surface area contributed by atoms with E-state index < -0.39 is 12.9 Å². The minimum atomic E-state index is -0.875. The fraction of sp³-hybridized carbons (Fsp3) is 0.389. The lowest BCUT2D eigenvalue weighted by molar-refractivity contribution is 0.0317. The zero-order chi connectivity index (χ0) is 20.4. The summed E-state index contributed by atoms with van der Waals surface area (Å²) >= 11 is 7.19. The van der Waals surface area contributed by atoms with E-state index in [1.807, 2.05) is 11.5 Å². The molecule has 11 heteroatoms. The molecule has 1 aliphatic rings. The Kier molecular flexibility index (Phi) is 5.84. The summed E-state index contributed by atoms with van der Waals surface area (Å²) in [5.74, 6) is 1.78. The van der Waals surface area contributed by atoms with Gasteiger partial charge in [-0.1, -0.05) is 11.6 Å². The molecule has 0 fully saturated rings. The number of ether oxygens (including phenoxy) is 1. The summed E-state index contributed by atoms with van der Waals surface area (Å²) in [6.45, 7) is 2.08. The zero-order valence-electron chi connectivity index (χ0n) is 15.6. The van der Waals surface area contributed by atoms with Crippen LogP contribution in [0.3, 0.4) is 0 Å². The first-order valence-corrected chi connectivity index (χ1v) is 10.2. The molecule has 2 aromatic heterocycles. The van der Waals surface area contributed by atoms with Gasteiger partial charge in [0.25, 0.3) is 5.91 Å². The molecule has 0 saturated carbocycles. The predicted molar refractivity (Wildman–Crippen MR) is 105 cm³/mol. The van der Waals surface area contributed by atoms with Crippen molar-refractivity contribution in [3.05, 3.63) is 46.5 Å². The summed E-state index contributed by atoms with van der Waals surface area (Å²) < 4.78 is 23.5. The lowest BCUT2D eigenvalue weighted by atomic mass is 10.1. The second kappa shape index (κ2) is 8.52. The Bertz CT molecular complexity index is 1010. The predicted octanol–water partition coefficient (Wildman–Crippen LogP) is 3.29.